The number of anilines is 1. The Kier molecular flexibility index (Phi) is 9.15. The van der Waals surface area contributed by atoms with Gasteiger partial charge in [-0.3, -0.25) is 9.36 Å². The highest BCUT2D eigenvalue weighted by Gasteiger charge is 2.30. The number of amides is 2. The smallest absolute Gasteiger partial charge is 0.419 e. The molecule has 2 aromatic carbocycles. The Bertz CT molecular complexity index is 1530. The van der Waals surface area contributed by atoms with Crippen LogP contribution < -0.4 is 4.72 Å². The Morgan fingerprint density at radius 3 is 1.93 bits per heavy atom. The fourth-order valence-corrected chi connectivity index (χ4v) is 5.90. The van der Waals surface area contributed by atoms with Crippen LogP contribution in [0.3, 0.4) is 0 Å². The first-order valence-electron chi connectivity index (χ1n) is 13.3. The van der Waals surface area contributed by atoms with Crippen LogP contribution >= 0.6 is 23.2 Å². The standard InChI is InChI=1S/C29H34Cl2N4O6S/c1-28(2,3)40-26(37)34-11-9-33(10-12-34)25(36)23-17-35(27(38)41-29(4,5)6)24-16-20(7-8-22(23)24)32-42(39)21-14-18(30)13-19(31)15-21/h7-8,13-17,32H,9-12H2,1-6H3. The van der Waals surface area contributed by atoms with Gasteiger partial charge >= 0.3 is 12.2 Å². The summed E-state index contributed by atoms with van der Waals surface area (Å²) in [6.45, 7) is 11.9. The van der Waals surface area contributed by atoms with Gasteiger partial charge in [-0.05, 0) is 77.9 Å². The van der Waals surface area contributed by atoms with Gasteiger partial charge in [-0.25, -0.2) is 13.8 Å². The molecule has 1 saturated heterocycles. The highest BCUT2D eigenvalue weighted by atomic mass is 35.5. The van der Waals surface area contributed by atoms with Crippen LogP contribution in [-0.4, -0.2) is 74.1 Å². The second-order valence-electron chi connectivity index (χ2n) is 11.9. The number of carbonyl (C=O) groups is 3. The molecule has 1 aromatic heterocycles. The molecule has 0 aliphatic carbocycles. The summed E-state index contributed by atoms with van der Waals surface area (Å²) in [4.78, 5) is 42.9. The van der Waals surface area contributed by atoms with Gasteiger partial charge in [0.25, 0.3) is 5.91 Å². The van der Waals surface area contributed by atoms with Crippen molar-refractivity contribution in [1.82, 2.24) is 14.4 Å². The van der Waals surface area contributed by atoms with E-state index in [1.54, 1.807) is 75.6 Å². The summed E-state index contributed by atoms with van der Waals surface area (Å²) in [5.74, 6) is -0.288. The molecule has 3 aromatic rings. The number of nitrogens with one attached hydrogen (secondary N) is 1. The summed E-state index contributed by atoms with van der Waals surface area (Å²) < 4.78 is 28.2. The van der Waals surface area contributed by atoms with Crippen molar-refractivity contribution in [1.29, 1.82) is 0 Å². The van der Waals surface area contributed by atoms with Crippen LogP contribution in [0.5, 0.6) is 0 Å². The van der Waals surface area contributed by atoms with E-state index in [1.807, 2.05) is 0 Å². The minimum Gasteiger partial charge on any atom is -0.444 e. The Labute approximate surface area is 257 Å². The van der Waals surface area contributed by atoms with Crippen molar-refractivity contribution in [2.75, 3.05) is 30.9 Å². The molecule has 2 amide bonds. The molecule has 13 heteroatoms. The maximum atomic E-state index is 13.7. The Morgan fingerprint density at radius 1 is 0.810 bits per heavy atom. The van der Waals surface area contributed by atoms with Crippen LogP contribution in [0.25, 0.3) is 10.9 Å². The fraction of sp³-hybridized carbons (Fsp3) is 0.414. The molecule has 1 aliphatic heterocycles. The number of halogens is 2. The number of aromatic nitrogens is 1. The van der Waals surface area contributed by atoms with Gasteiger partial charge in [-0.15, -0.1) is 0 Å². The van der Waals surface area contributed by atoms with Gasteiger partial charge in [0.15, 0.2) is 0 Å². The number of rotatable bonds is 4. The number of ether oxygens (including phenoxy) is 2. The zero-order chi connectivity index (χ0) is 31.0. The fourth-order valence-electron chi connectivity index (χ4n) is 4.31. The largest absolute Gasteiger partial charge is 0.444 e. The predicted octanol–water partition coefficient (Wildman–Crippen LogP) is 6.56. The second-order valence-corrected chi connectivity index (χ2v) is 13.9. The van der Waals surface area contributed by atoms with Gasteiger partial charge in [0.05, 0.1) is 16.0 Å². The number of fused-ring (bicyclic) bond motifs is 1. The molecule has 226 valence electrons. The van der Waals surface area contributed by atoms with E-state index in [9.17, 15) is 18.6 Å². The molecule has 42 heavy (non-hydrogen) atoms. The summed E-state index contributed by atoms with van der Waals surface area (Å²) in [5, 5.41) is 1.21. The van der Waals surface area contributed by atoms with Gasteiger partial charge < -0.3 is 24.0 Å². The average molecular weight is 638 g/mol. The lowest BCUT2D eigenvalue weighted by molar-refractivity contribution is 0.0140. The first kappa shape index (κ1) is 31.7. The van der Waals surface area contributed by atoms with Crippen molar-refractivity contribution in [3.63, 3.8) is 0 Å². The molecule has 4 rings (SSSR count). The third-order valence-corrected chi connectivity index (χ3v) is 7.63. The summed E-state index contributed by atoms with van der Waals surface area (Å²) in [5.41, 5.74) is -0.263. The topological polar surface area (TPSA) is 110 Å². The van der Waals surface area contributed by atoms with Crippen LogP contribution in [0.15, 0.2) is 47.5 Å². The van der Waals surface area contributed by atoms with Gasteiger partial charge in [0, 0.05) is 53.5 Å². The normalized spacial score (nSPS) is 15.0. The molecule has 2 heterocycles. The Morgan fingerprint density at radius 2 is 1.36 bits per heavy atom. The number of carbonyl (C=O) groups excluding carboxylic acids is 3. The number of piperazine rings is 1. The number of benzene rings is 2. The van der Waals surface area contributed by atoms with E-state index in [-0.39, 0.29) is 5.91 Å². The van der Waals surface area contributed by atoms with Crippen LogP contribution in [0, 0.1) is 0 Å². The summed E-state index contributed by atoms with van der Waals surface area (Å²) in [6, 6.07) is 9.60. The summed E-state index contributed by atoms with van der Waals surface area (Å²) in [7, 11) is -1.71. The maximum Gasteiger partial charge on any atom is 0.419 e. The van der Waals surface area contributed by atoms with Crippen molar-refractivity contribution >= 4 is 68.9 Å². The summed E-state index contributed by atoms with van der Waals surface area (Å²) in [6.07, 6.45) is 0.369. The van der Waals surface area contributed by atoms with E-state index in [4.69, 9.17) is 32.7 Å². The minimum absolute atomic E-state index is 0.288. The zero-order valence-corrected chi connectivity index (χ0v) is 26.7. The highest BCUT2D eigenvalue weighted by molar-refractivity contribution is 7.86. The van der Waals surface area contributed by atoms with Crippen LogP contribution in [0.1, 0.15) is 51.9 Å². The molecule has 1 aliphatic rings. The minimum atomic E-state index is -1.71. The van der Waals surface area contributed by atoms with Gasteiger partial charge in [0.1, 0.15) is 22.2 Å². The lowest BCUT2D eigenvalue weighted by atomic mass is 10.1. The van der Waals surface area contributed by atoms with Gasteiger partial charge in [0.2, 0.25) is 0 Å². The Balaban J connectivity index is 1.62. The molecule has 1 atom stereocenters. The third-order valence-electron chi connectivity index (χ3n) is 6.11. The first-order valence-corrected chi connectivity index (χ1v) is 15.2. The lowest BCUT2D eigenvalue weighted by Gasteiger charge is -2.35. The molecule has 1 unspecified atom stereocenters. The van der Waals surface area contributed by atoms with Crippen LogP contribution in [0.4, 0.5) is 15.3 Å². The van der Waals surface area contributed by atoms with Gasteiger partial charge in [-0.1, -0.05) is 23.2 Å². The first-order chi connectivity index (χ1) is 19.5. The van der Waals surface area contributed by atoms with Crippen molar-refractivity contribution in [2.24, 2.45) is 0 Å². The van der Waals surface area contributed by atoms with Crippen LogP contribution in [0.2, 0.25) is 10.0 Å². The molecular formula is C29H34Cl2N4O6S. The zero-order valence-electron chi connectivity index (χ0n) is 24.3. The molecule has 0 saturated carbocycles. The SMILES string of the molecule is CC(C)(C)OC(=O)N1CCN(C(=O)c2cn(C(=O)OC(C)(C)C)c3cc(NS(=O)c4cc(Cl)cc(Cl)c4)ccc23)CC1. The molecule has 0 bridgehead atoms. The third kappa shape index (κ3) is 7.76. The van der Waals surface area contributed by atoms with E-state index in [0.717, 1.165) is 0 Å². The van der Waals surface area contributed by atoms with Gasteiger partial charge in [-0.2, -0.15) is 0 Å². The van der Waals surface area contributed by atoms with E-state index < -0.39 is 34.4 Å². The van der Waals surface area contributed by atoms with E-state index in [1.165, 1.54) is 22.9 Å². The predicted molar refractivity (Wildman–Crippen MR) is 164 cm³/mol. The second kappa shape index (κ2) is 12.1. The summed E-state index contributed by atoms with van der Waals surface area (Å²) >= 11 is 12.1. The molecule has 1 fully saturated rings. The van der Waals surface area contributed by atoms with E-state index >= 15 is 0 Å². The van der Waals surface area contributed by atoms with Crippen molar-refractivity contribution in [3.05, 3.63) is 58.2 Å². The quantitative estimate of drug-likeness (QED) is 0.347. The van der Waals surface area contributed by atoms with E-state index in [0.29, 0.717) is 63.3 Å². The Hall–Kier alpha value is -3.28. The lowest BCUT2D eigenvalue weighted by Crippen LogP contribution is -2.51. The molecule has 1 N–H and O–H groups in total. The monoisotopic (exact) mass is 636 g/mol. The van der Waals surface area contributed by atoms with Crippen molar-refractivity contribution in [2.45, 2.75) is 57.6 Å². The molecule has 10 nitrogen and oxygen atoms in total. The number of hydrogen-bond donors (Lipinski definition) is 1. The van der Waals surface area contributed by atoms with E-state index in [2.05, 4.69) is 4.72 Å². The van der Waals surface area contributed by atoms with Crippen molar-refractivity contribution in [3.8, 4) is 0 Å². The highest BCUT2D eigenvalue weighted by Crippen LogP contribution is 2.29. The maximum absolute atomic E-state index is 13.7. The molecular weight excluding hydrogens is 603 g/mol. The molecule has 0 spiro atoms. The molecule has 0 radical (unpaired) electrons. The number of nitrogens with zero attached hydrogens (tertiary/aromatic N) is 3. The average Bonchev–Trinajstić information content (AvgIpc) is 3.25. The number of hydrogen-bond acceptors (Lipinski definition) is 6. The van der Waals surface area contributed by atoms with Crippen LogP contribution in [-0.2, 0) is 20.5 Å². The van der Waals surface area contributed by atoms with Crippen molar-refractivity contribution < 1.29 is 28.1 Å².